The molecule has 0 unspecified atom stereocenters. The predicted octanol–water partition coefficient (Wildman–Crippen LogP) is 2.70. The molecule has 0 aliphatic carbocycles. The first-order chi connectivity index (χ1) is 9.26. The fourth-order valence-corrected chi connectivity index (χ4v) is 1.74. The van der Waals surface area contributed by atoms with Gasteiger partial charge < -0.3 is 9.72 Å². The molecule has 0 fully saturated rings. The van der Waals surface area contributed by atoms with Gasteiger partial charge >= 0.3 is 0 Å². The molecule has 4 heteroatoms. The van der Waals surface area contributed by atoms with Gasteiger partial charge in [-0.3, -0.25) is 4.79 Å². The third kappa shape index (κ3) is 2.83. The number of aromatic nitrogens is 1. The molecule has 0 amide bonds. The van der Waals surface area contributed by atoms with Gasteiger partial charge in [0.05, 0.1) is 12.3 Å². The highest BCUT2D eigenvalue weighted by atomic mass is 16.5. The maximum atomic E-state index is 11.9. The summed E-state index contributed by atoms with van der Waals surface area (Å²) < 4.78 is 5.48. The Hall–Kier alpha value is -2.54. The normalized spacial score (nSPS) is 9.89. The summed E-state index contributed by atoms with van der Waals surface area (Å²) in [6, 6.07) is 13.0. The minimum Gasteiger partial charge on any atom is -0.492 e. The number of ether oxygens (including phenoxy) is 1. The highest BCUT2D eigenvalue weighted by Crippen LogP contribution is 2.22. The van der Waals surface area contributed by atoms with Gasteiger partial charge in [-0.05, 0) is 12.0 Å². The second-order valence-electron chi connectivity index (χ2n) is 4.08. The van der Waals surface area contributed by atoms with Gasteiger partial charge in [-0.2, -0.15) is 5.26 Å². The van der Waals surface area contributed by atoms with E-state index in [9.17, 15) is 4.79 Å². The Labute approximate surface area is 111 Å². The van der Waals surface area contributed by atoms with Crippen LogP contribution in [0.15, 0.2) is 41.2 Å². The lowest BCUT2D eigenvalue weighted by atomic mass is 10.1. The third-order valence-electron chi connectivity index (χ3n) is 2.66. The molecule has 0 radical (unpaired) electrons. The number of nitriles is 1. The van der Waals surface area contributed by atoms with Crippen LogP contribution >= 0.6 is 0 Å². The van der Waals surface area contributed by atoms with E-state index >= 15 is 0 Å². The molecule has 0 bridgehead atoms. The molecular formula is C15H14N2O2. The molecule has 0 spiro atoms. The molecule has 1 aromatic heterocycles. The van der Waals surface area contributed by atoms with Crippen molar-refractivity contribution in [1.29, 1.82) is 5.26 Å². The third-order valence-corrected chi connectivity index (χ3v) is 2.66. The first-order valence-corrected chi connectivity index (χ1v) is 6.12. The fourth-order valence-electron chi connectivity index (χ4n) is 1.74. The number of nitrogens with one attached hydrogen (secondary N) is 1. The molecule has 0 aliphatic heterocycles. The van der Waals surface area contributed by atoms with E-state index in [0.717, 1.165) is 12.0 Å². The van der Waals surface area contributed by atoms with E-state index in [1.54, 1.807) is 6.07 Å². The quantitative estimate of drug-likeness (QED) is 0.912. The van der Waals surface area contributed by atoms with E-state index in [0.29, 0.717) is 18.1 Å². The summed E-state index contributed by atoms with van der Waals surface area (Å²) >= 11 is 0. The molecule has 0 saturated carbocycles. The van der Waals surface area contributed by atoms with Crippen LogP contribution in [-0.2, 0) is 0 Å². The van der Waals surface area contributed by atoms with Gasteiger partial charge in [0.1, 0.15) is 11.8 Å². The molecular weight excluding hydrogens is 240 g/mol. The maximum absolute atomic E-state index is 11.9. The minimum atomic E-state index is -0.421. The van der Waals surface area contributed by atoms with Crippen LogP contribution in [0.3, 0.4) is 0 Å². The molecule has 0 saturated heterocycles. The summed E-state index contributed by atoms with van der Waals surface area (Å²) in [7, 11) is 0. The van der Waals surface area contributed by atoms with Gasteiger partial charge in [0, 0.05) is 6.07 Å². The number of hydrogen-bond donors (Lipinski definition) is 1. The topological polar surface area (TPSA) is 65.9 Å². The molecule has 0 aliphatic rings. The van der Waals surface area contributed by atoms with Crippen LogP contribution in [-0.4, -0.2) is 11.6 Å². The summed E-state index contributed by atoms with van der Waals surface area (Å²) in [4.78, 5) is 14.6. The van der Waals surface area contributed by atoms with E-state index in [1.807, 2.05) is 43.3 Å². The summed E-state index contributed by atoms with van der Waals surface area (Å²) in [6.45, 7) is 2.45. The molecule has 4 nitrogen and oxygen atoms in total. The molecule has 0 atom stereocenters. The van der Waals surface area contributed by atoms with Gasteiger partial charge in [0.15, 0.2) is 5.56 Å². The maximum Gasteiger partial charge on any atom is 0.270 e. The summed E-state index contributed by atoms with van der Waals surface area (Å²) in [5.41, 5.74) is 1.13. The summed E-state index contributed by atoms with van der Waals surface area (Å²) in [6.07, 6.45) is 0.818. The van der Waals surface area contributed by atoms with E-state index in [4.69, 9.17) is 10.00 Å². The molecule has 2 rings (SSSR count). The molecule has 1 N–H and O–H groups in total. The summed E-state index contributed by atoms with van der Waals surface area (Å²) in [5.74, 6) is 0.340. The highest BCUT2D eigenvalue weighted by molar-refractivity contribution is 5.62. The van der Waals surface area contributed by atoms with Gasteiger partial charge in [-0.25, -0.2) is 0 Å². The minimum absolute atomic E-state index is 0.0214. The Bertz CT molecular complexity index is 654. The lowest BCUT2D eigenvalue weighted by Gasteiger charge is -2.08. The van der Waals surface area contributed by atoms with E-state index in [1.165, 1.54) is 0 Å². The van der Waals surface area contributed by atoms with Gasteiger partial charge in [0.25, 0.3) is 5.56 Å². The number of hydrogen-bond acceptors (Lipinski definition) is 3. The fraction of sp³-hybridized carbons (Fsp3) is 0.200. The van der Waals surface area contributed by atoms with Crippen LogP contribution in [0, 0.1) is 11.3 Å². The van der Waals surface area contributed by atoms with E-state index < -0.39 is 5.56 Å². The van der Waals surface area contributed by atoms with Gasteiger partial charge in [-0.15, -0.1) is 0 Å². The van der Waals surface area contributed by atoms with Crippen molar-refractivity contribution in [3.05, 3.63) is 52.3 Å². The first kappa shape index (κ1) is 12.9. The largest absolute Gasteiger partial charge is 0.492 e. The smallest absolute Gasteiger partial charge is 0.270 e. The van der Waals surface area contributed by atoms with Crippen molar-refractivity contribution >= 4 is 0 Å². The van der Waals surface area contributed by atoms with Crippen molar-refractivity contribution in [2.45, 2.75) is 13.3 Å². The van der Waals surface area contributed by atoms with Crippen molar-refractivity contribution < 1.29 is 4.74 Å². The van der Waals surface area contributed by atoms with Crippen molar-refractivity contribution in [3.8, 4) is 23.1 Å². The lowest BCUT2D eigenvalue weighted by Crippen LogP contribution is -2.13. The first-order valence-electron chi connectivity index (χ1n) is 6.12. The predicted molar refractivity (Wildman–Crippen MR) is 73.0 cm³/mol. The number of pyridine rings is 1. The second-order valence-corrected chi connectivity index (χ2v) is 4.08. The Morgan fingerprint density at radius 1 is 1.32 bits per heavy atom. The van der Waals surface area contributed by atoms with Crippen LogP contribution in [0.2, 0.25) is 0 Å². The highest BCUT2D eigenvalue weighted by Gasteiger charge is 2.11. The van der Waals surface area contributed by atoms with Crippen LogP contribution in [0.5, 0.6) is 5.75 Å². The number of H-pyrrole nitrogens is 1. The number of rotatable bonds is 4. The van der Waals surface area contributed by atoms with Gasteiger partial charge in [0.2, 0.25) is 0 Å². The molecule has 1 heterocycles. The van der Waals surface area contributed by atoms with Crippen molar-refractivity contribution in [1.82, 2.24) is 4.98 Å². The number of aromatic amines is 1. The van der Waals surface area contributed by atoms with Crippen LogP contribution in [0.4, 0.5) is 0 Å². The Morgan fingerprint density at radius 2 is 2.05 bits per heavy atom. The van der Waals surface area contributed by atoms with Crippen molar-refractivity contribution in [2.24, 2.45) is 0 Å². The Balaban J connectivity index is 2.51. The van der Waals surface area contributed by atoms with E-state index in [2.05, 4.69) is 4.98 Å². The zero-order valence-electron chi connectivity index (χ0n) is 10.6. The Morgan fingerprint density at radius 3 is 2.68 bits per heavy atom. The van der Waals surface area contributed by atoms with Crippen molar-refractivity contribution in [2.75, 3.05) is 6.61 Å². The van der Waals surface area contributed by atoms with Crippen molar-refractivity contribution in [3.63, 3.8) is 0 Å². The van der Waals surface area contributed by atoms with Crippen LogP contribution in [0.1, 0.15) is 18.9 Å². The molecule has 19 heavy (non-hydrogen) atoms. The molecule has 96 valence electrons. The average Bonchev–Trinajstić information content (AvgIpc) is 2.45. The standard InChI is InChI=1S/C15H14N2O2/c1-2-8-19-14-9-13(11-6-4-3-5-7-11)17-15(18)12(14)10-16/h3-7,9H,2,8H2,1H3,(H,17,18). The average molecular weight is 254 g/mol. The molecule has 2 aromatic rings. The number of nitrogens with zero attached hydrogens (tertiary/aromatic N) is 1. The SMILES string of the molecule is CCCOc1cc(-c2ccccc2)[nH]c(=O)c1C#N. The van der Waals surface area contributed by atoms with Gasteiger partial charge in [-0.1, -0.05) is 37.3 Å². The van der Waals surface area contributed by atoms with E-state index in [-0.39, 0.29) is 5.56 Å². The zero-order chi connectivity index (χ0) is 13.7. The van der Waals surface area contributed by atoms with Crippen LogP contribution in [0.25, 0.3) is 11.3 Å². The summed E-state index contributed by atoms with van der Waals surface area (Å²) in [5, 5.41) is 9.01. The zero-order valence-corrected chi connectivity index (χ0v) is 10.6. The molecule has 1 aromatic carbocycles. The number of benzene rings is 1. The second kappa shape index (κ2) is 5.87. The monoisotopic (exact) mass is 254 g/mol. The lowest BCUT2D eigenvalue weighted by molar-refractivity contribution is 0.316. The van der Waals surface area contributed by atoms with Crippen LogP contribution < -0.4 is 10.3 Å². The Kier molecular flexibility index (Phi) is 3.99.